The van der Waals surface area contributed by atoms with Gasteiger partial charge in [-0.05, 0) is 6.42 Å². The lowest BCUT2D eigenvalue weighted by atomic mass is 10.3. The summed E-state index contributed by atoms with van der Waals surface area (Å²) in [6.45, 7) is 8.66. The molecule has 1 aromatic rings. The van der Waals surface area contributed by atoms with E-state index in [1.165, 1.54) is 5.01 Å². The summed E-state index contributed by atoms with van der Waals surface area (Å²) in [5, 5.41) is 10.1. The Morgan fingerprint density at radius 3 is 2.74 bits per heavy atom. The molecule has 0 bridgehead atoms. The van der Waals surface area contributed by atoms with Crippen molar-refractivity contribution in [3.63, 3.8) is 0 Å². The number of guanidine groups is 1. The number of morpholine rings is 1. The van der Waals surface area contributed by atoms with Gasteiger partial charge < -0.3 is 15.4 Å². The highest BCUT2D eigenvalue weighted by molar-refractivity contribution is 14.0. The molecule has 0 radical (unpaired) electrons. The number of aryl methyl sites for hydroxylation is 1. The van der Waals surface area contributed by atoms with E-state index in [9.17, 15) is 0 Å². The van der Waals surface area contributed by atoms with E-state index in [-0.39, 0.29) is 24.0 Å². The van der Waals surface area contributed by atoms with E-state index in [0.717, 1.165) is 70.4 Å². The Labute approximate surface area is 160 Å². The second kappa shape index (κ2) is 12.0. The molecular weight excluding hydrogens is 425 g/mol. The van der Waals surface area contributed by atoms with E-state index < -0.39 is 0 Å². The first-order valence-electron chi connectivity index (χ1n) is 7.99. The monoisotopic (exact) mass is 453 g/mol. The largest absolute Gasteiger partial charge is 0.379 e. The molecule has 1 fully saturated rings. The molecule has 0 spiro atoms. The van der Waals surface area contributed by atoms with Crippen molar-refractivity contribution in [3.8, 4) is 0 Å². The third-order valence-electron chi connectivity index (χ3n) is 3.62. The highest BCUT2D eigenvalue weighted by Gasteiger charge is 2.09. The molecule has 23 heavy (non-hydrogen) atoms. The Morgan fingerprint density at radius 2 is 2.09 bits per heavy atom. The number of aromatic nitrogens is 1. The molecule has 0 aromatic carbocycles. The zero-order chi connectivity index (χ0) is 15.6. The van der Waals surface area contributed by atoms with Gasteiger partial charge in [-0.2, -0.15) is 0 Å². The molecule has 2 N–H and O–H groups in total. The number of halogens is 1. The lowest BCUT2D eigenvalue weighted by molar-refractivity contribution is 0.0389. The SMILES string of the molecule is CCc1nc(CCNC(=NC)NCCN2CCOCC2)cs1.I. The summed E-state index contributed by atoms with van der Waals surface area (Å²) in [5.74, 6) is 0.860. The Balaban J connectivity index is 0.00000264. The average Bonchev–Trinajstić information content (AvgIpc) is 3.02. The standard InChI is InChI=1S/C15H27N5OS.HI/c1-3-14-19-13(12-22-14)4-5-17-15(16-2)18-6-7-20-8-10-21-11-9-20;/h12H,3-11H2,1-2H3,(H2,16,17,18);1H. The second-order valence-corrected chi connectivity index (χ2v) is 6.16. The van der Waals surface area contributed by atoms with E-state index in [4.69, 9.17) is 4.74 Å². The number of hydrogen-bond acceptors (Lipinski definition) is 5. The number of thiazole rings is 1. The third-order valence-corrected chi connectivity index (χ3v) is 4.67. The summed E-state index contributed by atoms with van der Waals surface area (Å²) in [7, 11) is 1.81. The van der Waals surface area contributed by atoms with Crippen LogP contribution in [-0.2, 0) is 17.6 Å². The molecule has 1 saturated heterocycles. The Morgan fingerprint density at radius 1 is 1.35 bits per heavy atom. The van der Waals surface area contributed by atoms with Crippen LogP contribution in [0.25, 0.3) is 0 Å². The van der Waals surface area contributed by atoms with Gasteiger partial charge in [0.15, 0.2) is 5.96 Å². The maximum Gasteiger partial charge on any atom is 0.191 e. The second-order valence-electron chi connectivity index (χ2n) is 5.22. The molecule has 2 heterocycles. The van der Waals surface area contributed by atoms with E-state index in [1.54, 1.807) is 11.3 Å². The number of ether oxygens (including phenoxy) is 1. The molecule has 1 aromatic heterocycles. The summed E-state index contributed by atoms with van der Waals surface area (Å²) >= 11 is 1.74. The minimum atomic E-state index is 0. The van der Waals surface area contributed by atoms with Crippen molar-refractivity contribution in [2.45, 2.75) is 19.8 Å². The fraction of sp³-hybridized carbons (Fsp3) is 0.733. The average molecular weight is 453 g/mol. The summed E-state index contributed by atoms with van der Waals surface area (Å²) in [6.07, 6.45) is 1.95. The minimum Gasteiger partial charge on any atom is -0.379 e. The first-order valence-corrected chi connectivity index (χ1v) is 8.87. The first kappa shape index (κ1) is 20.6. The lowest BCUT2D eigenvalue weighted by Crippen LogP contribution is -2.44. The number of hydrogen-bond donors (Lipinski definition) is 2. The smallest absolute Gasteiger partial charge is 0.191 e. The van der Waals surface area contributed by atoms with Crippen LogP contribution in [0.15, 0.2) is 10.4 Å². The van der Waals surface area contributed by atoms with Gasteiger partial charge in [0.25, 0.3) is 0 Å². The summed E-state index contributed by atoms with van der Waals surface area (Å²) in [6, 6.07) is 0. The van der Waals surface area contributed by atoms with E-state index in [2.05, 4.69) is 37.8 Å². The lowest BCUT2D eigenvalue weighted by Gasteiger charge is -2.26. The molecule has 0 saturated carbocycles. The zero-order valence-corrected chi connectivity index (χ0v) is 17.2. The van der Waals surface area contributed by atoms with Crippen LogP contribution >= 0.6 is 35.3 Å². The van der Waals surface area contributed by atoms with Crippen LogP contribution in [-0.4, -0.2) is 68.8 Å². The number of nitrogens with one attached hydrogen (secondary N) is 2. The fourth-order valence-electron chi connectivity index (χ4n) is 2.31. The summed E-state index contributed by atoms with van der Waals surface area (Å²) in [4.78, 5) is 11.2. The summed E-state index contributed by atoms with van der Waals surface area (Å²) < 4.78 is 5.35. The van der Waals surface area contributed by atoms with Crippen LogP contribution in [0.5, 0.6) is 0 Å². The van der Waals surface area contributed by atoms with Crippen molar-refractivity contribution < 1.29 is 4.74 Å². The van der Waals surface area contributed by atoms with Crippen molar-refractivity contribution in [2.24, 2.45) is 4.99 Å². The molecule has 8 heteroatoms. The molecule has 6 nitrogen and oxygen atoms in total. The molecule has 0 amide bonds. The van der Waals surface area contributed by atoms with Crippen LogP contribution in [0.2, 0.25) is 0 Å². The molecule has 2 rings (SSSR count). The number of rotatable bonds is 7. The number of aliphatic imine (C=N–C) groups is 1. The van der Waals surface area contributed by atoms with Gasteiger partial charge in [-0.1, -0.05) is 6.92 Å². The third kappa shape index (κ3) is 7.77. The van der Waals surface area contributed by atoms with E-state index in [1.807, 2.05) is 7.05 Å². The normalized spacial score (nSPS) is 16.0. The van der Waals surface area contributed by atoms with E-state index >= 15 is 0 Å². The Bertz CT molecular complexity index is 462. The topological polar surface area (TPSA) is 61.8 Å². The molecule has 0 aliphatic carbocycles. The molecule has 0 atom stereocenters. The van der Waals surface area contributed by atoms with Crippen LogP contribution < -0.4 is 10.6 Å². The maximum atomic E-state index is 5.35. The van der Waals surface area contributed by atoms with Gasteiger partial charge in [0, 0.05) is 51.6 Å². The molecule has 1 aliphatic heterocycles. The van der Waals surface area contributed by atoms with Gasteiger partial charge in [0.1, 0.15) is 0 Å². The van der Waals surface area contributed by atoms with Crippen LogP contribution in [0.3, 0.4) is 0 Å². The molecule has 0 unspecified atom stereocenters. The maximum absolute atomic E-state index is 5.35. The van der Waals surface area contributed by atoms with Crippen molar-refractivity contribution >= 4 is 41.3 Å². The van der Waals surface area contributed by atoms with Crippen molar-refractivity contribution in [1.82, 2.24) is 20.5 Å². The highest BCUT2D eigenvalue weighted by Crippen LogP contribution is 2.10. The molecule has 1 aliphatic rings. The van der Waals surface area contributed by atoms with Gasteiger partial charge in [-0.3, -0.25) is 9.89 Å². The number of nitrogens with zero attached hydrogens (tertiary/aromatic N) is 3. The molecular formula is C15H28IN5OS. The van der Waals surface area contributed by atoms with E-state index in [0.29, 0.717) is 0 Å². The first-order chi connectivity index (χ1) is 10.8. The van der Waals surface area contributed by atoms with Gasteiger partial charge in [0.2, 0.25) is 0 Å². The van der Waals surface area contributed by atoms with Gasteiger partial charge in [-0.15, -0.1) is 35.3 Å². The van der Waals surface area contributed by atoms with Crippen molar-refractivity contribution in [2.75, 3.05) is 53.0 Å². The van der Waals surface area contributed by atoms with Gasteiger partial charge >= 0.3 is 0 Å². The predicted molar refractivity (Wildman–Crippen MR) is 107 cm³/mol. The fourth-order valence-corrected chi connectivity index (χ4v) is 3.09. The van der Waals surface area contributed by atoms with Gasteiger partial charge in [0.05, 0.1) is 23.9 Å². The highest BCUT2D eigenvalue weighted by atomic mass is 127. The van der Waals surface area contributed by atoms with Crippen LogP contribution in [0.1, 0.15) is 17.6 Å². The van der Waals surface area contributed by atoms with Crippen LogP contribution in [0.4, 0.5) is 0 Å². The molecule has 132 valence electrons. The summed E-state index contributed by atoms with van der Waals surface area (Å²) in [5.41, 5.74) is 1.16. The van der Waals surface area contributed by atoms with Gasteiger partial charge in [-0.25, -0.2) is 4.98 Å². The minimum absolute atomic E-state index is 0. The van der Waals surface area contributed by atoms with Crippen molar-refractivity contribution in [1.29, 1.82) is 0 Å². The predicted octanol–water partition coefficient (Wildman–Crippen LogP) is 1.36. The quantitative estimate of drug-likeness (QED) is 0.371. The zero-order valence-electron chi connectivity index (χ0n) is 14.0. The van der Waals surface area contributed by atoms with Crippen molar-refractivity contribution in [3.05, 3.63) is 16.1 Å². The Hall–Kier alpha value is -0.450. The van der Waals surface area contributed by atoms with Crippen LogP contribution in [0, 0.1) is 0 Å². The Kier molecular flexibility index (Phi) is 10.7.